The monoisotopic (exact) mass is 281 g/mol. The quantitative estimate of drug-likeness (QED) is 0.903. The van der Waals surface area contributed by atoms with Gasteiger partial charge in [-0.05, 0) is 36.2 Å². The lowest BCUT2D eigenvalue weighted by Crippen LogP contribution is -2.07. The van der Waals surface area contributed by atoms with Gasteiger partial charge in [-0.1, -0.05) is 12.1 Å². The Morgan fingerprint density at radius 2 is 1.80 bits per heavy atom. The molecule has 0 unspecified atom stereocenters. The van der Waals surface area contributed by atoms with Gasteiger partial charge in [-0.15, -0.1) is 0 Å². The smallest absolute Gasteiger partial charge is 0.396 e. The van der Waals surface area contributed by atoms with E-state index in [1.165, 1.54) is 12.1 Å². The summed E-state index contributed by atoms with van der Waals surface area (Å²) >= 11 is 0. The van der Waals surface area contributed by atoms with Gasteiger partial charge in [-0.2, -0.15) is 13.2 Å². The minimum atomic E-state index is -4.31. The number of alkyl halides is 3. The number of nitrogens with one attached hydrogen (secondary N) is 1. The Hall–Kier alpha value is -2.24. The van der Waals surface area contributed by atoms with E-state index in [2.05, 4.69) is 10.3 Å². The van der Waals surface area contributed by atoms with Crippen LogP contribution in [0.1, 0.15) is 16.7 Å². The SMILES string of the molecule is Cc1ccnc(NCc2ccc(C(F)(F)F)cc2)c1N. The summed E-state index contributed by atoms with van der Waals surface area (Å²) in [5.41, 5.74) is 7.36. The summed E-state index contributed by atoms with van der Waals surface area (Å²) in [6.45, 7) is 2.22. The molecular weight excluding hydrogens is 267 g/mol. The molecule has 0 saturated carbocycles. The van der Waals surface area contributed by atoms with Crippen molar-refractivity contribution in [3.63, 3.8) is 0 Å². The fourth-order valence-corrected chi connectivity index (χ4v) is 1.71. The molecule has 0 fully saturated rings. The van der Waals surface area contributed by atoms with E-state index in [0.29, 0.717) is 18.1 Å². The third kappa shape index (κ3) is 3.20. The van der Waals surface area contributed by atoms with Crippen LogP contribution >= 0.6 is 0 Å². The molecule has 106 valence electrons. The summed E-state index contributed by atoms with van der Waals surface area (Å²) < 4.78 is 37.3. The predicted molar refractivity (Wildman–Crippen MR) is 72.2 cm³/mol. The normalized spacial score (nSPS) is 11.4. The van der Waals surface area contributed by atoms with Crippen LogP contribution in [0.4, 0.5) is 24.7 Å². The van der Waals surface area contributed by atoms with Gasteiger partial charge in [0, 0.05) is 12.7 Å². The molecule has 3 N–H and O–H groups in total. The molecule has 0 amide bonds. The van der Waals surface area contributed by atoms with Crippen molar-refractivity contribution in [2.24, 2.45) is 0 Å². The number of nitrogens with two attached hydrogens (primary N) is 1. The molecule has 20 heavy (non-hydrogen) atoms. The Bertz CT molecular complexity index is 592. The molecule has 0 bridgehead atoms. The summed E-state index contributed by atoms with van der Waals surface area (Å²) in [5, 5.41) is 3.01. The fraction of sp³-hybridized carbons (Fsp3) is 0.214. The summed E-state index contributed by atoms with van der Waals surface area (Å²) in [6.07, 6.45) is -2.69. The van der Waals surface area contributed by atoms with Crippen LogP contribution in [-0.2, 0) is 12.7 Å². The van der Waals surface area contributed by atoms with Gasteiger partial charge in [-0.3, -0.25) is 0 Å². The van der Waals surface area contributed by atoms with E-state index in [4.69, 9.17) is 5.73 Å². The first-order valence-corrected chi connectivity index (χ1v) is 5.99. The summed E-state index contributed by atoms with van der Waals surface area (Å²) in [5.74, 6) is 0.532. The van der Waals surface area contributed by atoms with Crippen LogP contribution in [0.2, 0.25) is 0 Å². The van der Waals surface area contributed by atoms with Gasteiger partial charge < -0.3 is 11.1 Å². The second-order valence-electron chi connectivity index (χ2n) is 4.44. The summed E-state index contributed by atoms with van der Waals surface area (Å²) in [4.78, 5) is 4.09. The van der Waals surface area contributed by atoms with Crippen molar-refractivity contribution in [1.82, 2.24) is 4.98 Å². The van der Waals surface area contributed by atoms with E-state index in [-0.39, 0.29) is 0 Å². The number of pyridine rings is 1. The second-order valence-corrected chi connectivity index (χ2v) is 4.44. The topological polar surface area (TPSA) is 50.9 Å². The second kappa shape index (κ2) is 5.40. The summed E-state index contributed by atoms with van der Waals surface area (Å²) in [7, 11) is 0. The first-order valence-electron chi connectivity index (χ1n) is 5.99. The number of nitrogens with zero attached hydrogens (tertiary/aromatic N) is 1. The van der Waals surface area contributed by atoms with Crippen LogP contribution in [0.5, 0.6) is 0 Å². The van der Waals surface area contributed by atoms with E-state index in [9.17, 15) is 13.2 Å². The molecule has 3 nitrogen and oxygen atoms in total. The average molecular weight is 281 g/mol. The van der Waals surface area contributed by atoms with Gasteiger partial charge in [0.05, 0.1) is 11.3 Å². The molecule has 2 aromatic rings. The van der Waals surface area contributed by atoms with E-state index in [0.717, 1.165) is 23.3 Å². The van der Waals surface area contributed by atoms with Gasteiger partial charge in [0.1, 0.15) is 5.82 Å². The highest BCUT2D eigenvalue weighted by Gasteiger charge is 2.29. The van der Waals surface area contributed by atoms with Crippen LogP contribution in [-0.4, -0.2) is 4.98 Å². The minimum absolute atomic E-state index is 0.360. The van der Waals surface area contributed by atoms with Crippen molar-refractivity contribution in [3.05, 3.63) is 53.2 Å². The van der Waals surface area contributed by atoms with Crippen molar-refractivity contribution in [2.75, 3.05) is 11.1 Å². The summed E-state index contributed by atoms with van der Waals surface area (Å²) in [6, 6.07) is 6.77. The van der Waals surface area contributed by atoms with Gasteiger partial charge in [0.15, 0.2) is 0 Å². The highest BCUT2D eigenvalue weighted by atomic mass is 19.4. The first-order chi connectivity index (χ1) is 9.38. The Kier molecular flexibility index (Phi) is 3.83. The Balaban J connectivity index is 2.06. The maximum Gasteiger partial charge on any atom is 0.416 e. The number of rotatable bonds is 3. The molecular formula is C14H14F3N3. The minimum Gasteiger partial charge on any atom is -0.396 e. The van der Waals surface area contributed by atoms with Crippen LogP contribution < -0.4 is 11.1 Å². The van der Waals surface area contributed by atoms with Crippen molar-refractivity contribution in [1.29, 1.82) is 0 Å². The molecule has 0 aliphatic carbocycles. The molecule has 0 saturated heterocycles. The molecule has 2 rings (SSSR count). The predicted octanol–water partition coefficient (Wildman–Crippen LogP) is 3.60. The number of hydrogen-bond donors (Lipinski definition) is 2. The zero-order valence-corrected chi connectivity index (χ0v) is 10.8. The largest absolute Gasteiger partial charge is 0.416 e. The van der Waals surface area contributed by atoms with Crippen molar-refractivity contribution in [2.45, 2.75) is 19.6 Å². The Morgan fingerprint density at radius 3 is 2.40 bits per heavy atom. The molecule has 0 aliphatic rings. The van der Waals surface area contributed by atoms with Gasteiger partial charge in [0.2, 0.25) is 0 Å². The zero-order valence-electron chi connectivity index (χ0n) is 10.8. The standard InChI is InChI=1S/C14H14F3N3/c1-9-6-7-19-13(12(9)18)20-8-10-2-4-11(5-3-10)14(15,16)17/h2-7H,8,18H2,1H3,(H,19,20). The maximum absolute atomic E-state index is 12.4. The lowest BCUT2D eigenvalue weighted by Gasteiger charge is -2.11. The molecule has 1 aromatic carbocycles. The number of halogens is 3. The first kappa shape index (κ1) is 14.2. The number of aryl methyl sites for hydroxylation is 1. The van der Waals surface area contributed by atoms with Gasteiger partial charge >= 0.3 is 6.18 Å². The Morgan fingerprint density at radius 1 is 1.15 bits per heavy atom. The molecule has 0 aliphatic heterocycles. The molecule has 6 heteroatoms. The number of anilines is 2. The molecule has 1 aromatic heterocycles. The van der Waals surface area contributed by atoms with E-state index >= 15 is 0 Å². The van der Waals surface area contributed by atoms with Gasteiger partial charge in [0.25, 0.3) is 0 Å². The van der Waals surface area contributed by atoms with Crippen LogP contribution in [0.25, 0.3) is 0 Å². The van der Waals surface area contributed by atoms with Gasteiger partial charge in [-0.25, -0.2) is 4.98 Å². The lowest BCUT2D eigenvalue weighted by atomic mass is 10.1. The Labute approximate surface area is 114 Å². The number of hydrogen-bond acceptors (Lipinski definition) is 3. The van der Waals surface area contributed by atoms with Crippen molar-refractivity contribution >= 4 is 11.5 Å². The third-order valence-corrected chi connectivity index (χ3v) is 2.95. The fourth-order valence-electron chi connectivity index (χ4n) is 1.71. The average Bonchev–Trinajstić information content (AvgIpc) is 2.40. The van der Waals surface area contributed by atoms with Crippen molar-refractivity contribution < 1.29 is 13.2 Å². The highest BCUT2D eigenvalue weighted by molar-refractivity contribution is 5.64. The number of benzene rings is 1. The zero-order chi connectivity index (χ0) is 14.8. The van der Waals surface area contributed by atoms with E-state index in [1.54, 1.807) is 12.3 Å². The van der Waals surface area contributed by atoms with Crippen molar-refractivity contribution in [3.8, 4) is 0 Å². The third-order valence-electron chi connectivity index (χ3n) is 2.95. The number of nitrogen functional groups attached to an aromatic ring is 1. The number of aromatic nitrogens is 1. The van der Waals surface area contributed by atoms with Crippen LogP contribution in [0, 0.1) is 6.92 Å². The highest BCUT2D eigenvalue weighted by Crippen LogP contribution is 2.29. The van der Waals surface area contributed by atoms with Crippen LogP contribution in [0.3, 0.4) is 0 Å². The molecule has 0 spiro atoms. The van der Waals surface area contributed by atoms with Crippen LogP contribution in [0.15, 0.2) is 36.5 Å². The van der Waals surface area contributed by atoms with E-state index < -0.39 is 11.7 Å². The molecule has 1 heterocycles. The maximum atomic E-state index is 12.4. The van der Waals surface area contributed by atoms with E-state index in [1.807, 2.05) is 6.92 Å². The molecule has 0 radical (unpaired) electrons. The molecule has 0 atom stereocenters. The lowest BCUT2D eigenvalue weighted by molar-refractivity contribution is -0.137.